The fourth-order valence-electron chi connectivity index (χ4n) is 1.79. The minimum atomic E-state index is -0.803. The first-order valence-corrected chi connectivity index (χ1v) is 9.03. The monoisotopic (exact) mass is 375 g/mol. The first-order valence-electron chi connectivity index (χ1n) is 6.84. The average molecular weight is 376 g/mol. The molecular weight excluding hydrogens is 354 g/mol. The Morgan fingerprint density at radius 1 is 1.48 bits per heavy atom. The molecule has 1 rings (SSSR count). The highest BCUT2D eigenvalue weighted by molar-refractivity contribution is 9.10. The number of benzene rings is 1. The van der Waals surface area contributed by atoms with Crippen molar-refractivity contribution in [2.45, 2.75) is 39.0 Å². The van der Waals surface area contributed by atoms with Crippen LogP contribution in [0.1, 0.15) is 25.8 Å². The summed E-state index contributed by atoms with van der Waals surface area (Å²) in [6, 6.07) is 5.29. The number of hydrogen-bond acceptors (Lipinski definition) is 4. The number of aliphatic carboxylic acids is 1. The lowest BCUT2D eigenvalue weighted by Gasteiger charge is -2.15. The highest BCUT2D eigenvalue weighted by Gasteiger charge is 2.16. The van der Waals surface area contributed by atoms with Crippen LogP contribution < -0.4 is 10.1 Å². The van der Waals surface area contributed by atoms with Crippen LogP contribution in [0, 0.1) is 0 Å². The van der Waals surface area contributed by atoms with Gasteiger partial charge in [-0.15, -0.1) is 0 Å². The molecule has 1 aromatic rings. The molecule has 118 valence electrons. The molecule has 4 nitrogen and oxygen atoms in total. The number of carboxylic acid groups (broad SMARTS) is 1. The summed E-state index contributed by atoms with van der Waals surface area (Å²) in [7, 11) is 0. The fraction of sp³-hybridized carbons (Fsp3) is 0.533. The third-order valence-corrected chi connectivity index (χ3v) is 4.08. The van der Waals surface area contributed by atoms with E-state index >= 15 is 0 Å². The molecule has 0 amide bonds. The molecule has 0 aliphatic carbocycles. The zero-order valence-electron chi connectivity index (χ0n) is 12.6. The standard InChI is InChI=1S/C15H22BrNO3S/c1-10(2)20-14-5-4-11(8-12(14)16)9-17-13(15(18)19)6-7-21-3/h4-5,8,10,13,17H,6-7,9H2,1-3H3,(H,18,19). The highest BCUT2D eigenvalue weighted by Crippen LogP contribution is 2.27. The number of carboxylic acids is 1. The van der Waals surface area contributed by atoms with Crippen molar-refractivity contribution in [2.75, 3.05) is 12.0 Å². The predicted octanol–water partition coefficient (Wildman–Crippen LogP) is 3.53. The molecule has 0 aliphatic heterocycles. The van der Waals surface area contributed by atoms with E-state index in [1.807, 2.05) is 38.3 Å². The summed E-state index contributed by atoms with van der Waals surface area (Å²) in [6.07, 6.45) is 2.71. The number of thioether (sulfide) groups is 1. The van der Waals surface area contributed by atoms with Crippen molar-refractivity contribution in [3.8, 4) is 5.75 Å². The number of rotatable bonds is 9. The van der Waals surface area contributed by atoms with Gasteiger partial charge in [-0.2, -0.15) is 11.8 Å². The van der Waals surface area contributed by atoms with Crippen molar-refractivity contribution in [1.82, 2.24) is 5.32 Å². The predicted molar refractivity (Wildman–Crippen MR) is 91.2 cm³/mol. The summed E-state index contributed by atoms with van der Waals surface area (Å²) < 4.78 is 6.53. The molecule has 0 spiro atoms. The van der Waals surface area contributed by atoms with Crippen LogP contribution in [0.2, 0.25) is 0 Å². The Kier molecular flexibility index (Phi) is 8.14. The van der Waals surface area contributed by atoms with Crippen molar-refractivity contribution >= 4 is 33.7 Å². The van der Waals surface area contributed by atoms with Crippen LogP contribution in [0.5, 0.6) is 5.75 Å². The molecule has 6 heteroatoms. The van der Waals surface area contributed by atoms with Gasteiger partial charge in [-0.25, -0.2) is 0 Å². The summed E-state index contributed by atoms with van der Waals surface area (Å²) in [5, 5.41) is 12.3. The fourth-order valence-corrected chi connectivity index (χ4v) is 2.78. The molecule has 2 N–H and O–H groups in total. The Balaban J connectivity index is 2.62. The molecule has 0 radical (unpaired) electrons. The highest BCUT2D eigenvalue weighted by atomic mass is 79.9. The normalized spacial score (nSPS) is 12.4. The molecule has 0 saturated carbocycles. The topological polar surface area (TPSA) is 58.6 Å². The van der Waals surface area contributed by atoms with Gasteiger partial charge in [0.05, 0.1) is 10.6 Å². The molecule has 1 aromatic carbocycles. The van der Waals surface area contributed by atoms with Gasteiger partial charge >= 0.3 is 5.97 Å². The van der Waals surface area contributed by atoms with Crippen molar-refractivity contribution in [3.05, 3.63) is 28.2 Å². The van der Waals surface area contributed by atoms with Crippen LogP contribution in [0.15, 0.2) is 22.7 Å². The molecular formula is C15H22BrNO3S. The lowest BCUT2D eigenvalue weighted by molar-refractivity contribution is -0.139. The minimum Gasteiger partial charge on any atom is -0.490 e. The Labute approximate surface area is 138 Å². The van der Waals surface area contributed by atoms with E-state index in [1.165, 1.54) is 0 Å². The van der Waals surface area contributed by atoms with Gasteiger partial charge in [-0.05, 0) is 65.9 Å². The number of hydrogen-bond donors (Lipinski definition) is 2. The molecule has 0 aromatic heterocycles. The molecule has 0 bridgehead atoms. The van der Waals surface area contributed by atoms with E-state index in [-0.39, 0.29) is 6.10 Å². The van der Waals surface area contributed by atoms with E-state index in [2.05, 4.69) is 21.2 Å². The number of halogens is 1. The van der Waals surface area contributed by atoms with E-state index in [4.69, 9.17) is 4.74 Å². The Morgan fingerprint density at radius 2 is 2.19 bits per heavy atom. The third-order valence-electron chi connectivity index (χ3n) is 2.82. The molecule has 0 heterocycles. The van der Waals surface area contributed by atoms with Gasteiger partial charge in [-0.3, -0.25) is 4.79 Å². The second kappa shape index (κ2) is 9.33. The van der Waals surface area contributed by atoms with Crippen molar-refractivity contribution < 1.29 is 14.6 Å². The van der Waals surface area contributed by atoms with E-state index < -0.39 is 12.0 Å². The van der Waals surface area contributed by atoms with Crippen LogP contribution in [0.4, 0.5) is 0 Å². The Morgan fingerprint density at radius 3 is 2.71 bits per heavy atom. The third kappa shape index (κ3) is 6.72. The van der Waals surface area contributed by atoms with Gasteiger partial charge in [0.1, 0.15) is 11.8 Å². The second-order valence-corrected chi connectivity index (χ2v) is 6.82. The van der Waals surface area contributed by atoms with Crippen molar-refractivity contribution in [3.63, 3.8) is 0 Å². The van der Waals surface area contributed by atoms with Gasteiger partial charge in [-0.1, -0.05) is 6.07 Å². The number of carbonyl (C=O) groups is 1. The van der Waals surface area contributed by atoms with Crippen LogP contribution >= 0.6 is 27.7 Å². The van der Waals surface area contributed by atoms with E-state index in [9.17, 15) is 9.90 Å². The molecule has 0 saturated heterocycles. The maximum atomic E-state index is 11.2. The molecule has 1 unspecified atom stereocenters. The Hall–Kier alpha value is -0.720. The van der Waals surface area contributed by atoms with E-state index in [0.717, 1.165) is 21.5 Å². The summed E-state index contributed by atoms with van der Waals surface area (Å²) in [4.78, 5) is 11.2. The Bertz CT molecular complexity index is 468. The van der Waals surface area contributed by atoms with Gasteiger partial charge in [0.15, 0.2) is 0 Å². The summed E-state index contributed by atoms with van der Waals surface area (Å²) in [6.45, 7) is 4.47. The summed E-state index contributed by atoms with van der Waals surface area (Å²) in [5.74, 6) is 0.822. The molecule has 21 heavy (non-hydrogen) atoms. The zero-order chi connectivity index (χ0) is 15.8. The van der Waals surface area contributed by atoms with Gasteiger partial charge in [0.2, 0.25) is 0 Å². The van der Waals surface area contributed by atoms with Crippen molar-refractivity contribution in [1.29, 1.82) is 0 Å². The van der Waals surface area contributed by atoms with E-state index in [0.29, 0.717) is 13.0 Å². The molecule has 0 aliphatic rings. The summed E-state index contributed by atoms with van der Waals surface area (Å²) in [5.41, 5.74) is 1.02. The number of nitrogens with one attached hydrogen (secondary N) is 1. The first kappa shape index (κ1) is 18.3. The molecule has 0 fully saturated rings. The average Bonchev–Trinajstić information content (AvgIpc) is 2.41. The quantitative estimate of drug-likeness (QED) is 0.691. The number of ether oxygens (including phenoxy) is 1. The SMILES string of the molecule is CSCCC(NCc1ccc(OC(C)C)c(Br)c1)C(=O)O. The lowest BCUT2D eigenvalue weighted by Crippen LogP contribution is -2.36. The summed E-state index contributed by atoms with van der Waals surface area (Å²) >= 11 is 5.13. The maximum absolute atomic E-state index is 11.2. The van der Waals surface area contributed by atoms with Crippen LogP contribution in [0.25, 0.3) is 0 Å². The second-order valence-electron chi connectivity index (χ2n) is 4.98. The van der Waals surface area contributed by atoms with Crippen LogP contribution in [-0.2, 0) is 11.3 Å². The molecule has 1 atom stereocenters. The maximum Gasteiger partial charge on any atom is 0.320 e. The minimum absolute atomic E-state index is 0.119. The van der Waals surface area contributed by atoms with Gasteiger partial charge in [0, 0.05) is 6.54 Å². The van der Waals surface area contributed by atoms with Gasteiger partial charge < -0.3 is 15.2 Å². The van der Waals surface area contributed by atoms with Crippen LogP contribution in [0.3, 0.4) is 0 Å². The van der Waals surface area contributed by atoms with Crippen LogP contribution in [-0.4, -0.2) is 35.2 Å². The zero-order valence-corrected chi connectivity index (χ0v) is 15.0. The smallest absolute Gasteiger partial charge is 0.320 e. The lowest BCUT2D eigenvalue weighted by atomic mass is 10.1. The van der Waals surface area contributed by atoms with Crippen molar-refractivity contribution in [2.24, 2.45) is 0 Å². The largest absolute Gasteiger partial charge is 0.490 e. The van der Waals surface area contributed by atoms with E-state index in [1.54, 1.807) is 11.8 Å². The first-order chi connectivity index (χ1) is 9.93. The van der Waals surface area contributed by atoms with Gasteiger partial charge in [0.25, 0.3) is 0 Å².